The van der Waals surface area contributed by atoms with Gasteiger partial charge in [-0.1, -0.05) is 80.8 Å². The van der Waals surface area contributed by atoms with Gasteiger partial charge in [-0.05, 0) is 84.8 Å². The fourth-order valence-corrected chi connectivity index (χ4v) is 7.09. The quantitative estimate of drug-likeness (QED) is 0.155. The highest BCUT2D eigenvalue weighted by Crippen LogP contribution is 2.32. The molecule has 5 rings (SSSR count). The van der Waals surface area contributed by atoms with Crippen LogP contribution in [0.4, 0.5) is 0 Å². The predicted octanol–water partition coefficient (Wildman–Crippen LogP) is 6.71. The Morgan fingerprint density at radius 1 is 1.15 bits per heavy atom. The van der Waals surface area contributed by atoms with Gasteiger partial charge >= 0.3 is 5.97 Å². The topological polar surface area (TPSA) is 69.9 Å². The van der Waals surface area contributed by atoms with E-state index in [1.54, 1.807) is 30.6 Å². The van der Waals surface area contributed by atoms with E-state index in [-0.39, 0.29) is 12.2 Å². The third-order valence-corrected chi connectivity index (χ3v) is 9.06. The van der Waals surface area contributed by atoms with E-state index in [9.17, 15) is 9.59 Å². The zero-order chi connectivity index (χ0) is 29.3. The number of aromatic nitrogens is 1. The van der Waals surface area contributed by atoms with E-state index >= 15 is 0 Å². The van der Waals surface area contributed by atoms with Gasteiger partial charge in [0, 0.05) is 15.1 Å². The highest BCUT2D eigenvalue weighted by molar-refractivity contribution is 14.1. The number of fused-ring (bicyclic) bond motifs is 1. The first-order valence-corrected chi connectivity index (χ1v) is 15.9. The van der Waals surface area contributed by atoms with Crippen molar-refractivity contribution in [1.29, 1.82) is 0 Å². The first-order valence-electron chi connectivity index (χ1n) is 12.8. The molecular formula is C31H25BrClIN2O4S. The molecule has 0 radical (unpaired) electrons. The van der Waals surface area contributed by atoms with Crippen molar-refractivity contribution >= 4 is 73.5 Å². The Hall–Kier alpha value is -2.73. The Bertz CT molecular complexity index is 1850. The van der Waals surface area contributed by atoms with Crippen molar-refractivity contribution in [2.75, 3.05) is 6.61 Å². The number of hydrogen-bond donors (Lipinski definition) is 0. The van der Waals surface area contributed by atoms with Crippen LogP contribution < -0.4 is 19.6 Å². The molecule has 0 N–H and O–H groups in total. The fourth-order valence-electron chi connectivity index (χ4n) is 4.57. The second kappa shape index (κ2) is 12.6. The van der Waals surface area contributed by atoms with E-state index in [4.69, 9.17) is 21.1 Å². The molecule has 0 aliphatic carbocycles. The Kier molecular flexibility index (Phi) is 9.18. The zero-order valence-corrected chi connectivity index (χ0v) is 27.7. The van der Waals surface area contributed by atoms with Crippen LogP contribution >= 0.6 is 61.5 Å². The fraction of sp³-hybridized carbons (Fsp3) is 0.194. The number of rotatable bonds is 7. The molecule has 0 spiro atoms. The molecule has 0 fully saturated rings. The highest BCUT2D eigenvalue weighted by atomic mass is 127. The van der Waals surface area contributed by atoms with E-state index < -0.39 is 12.0 Å². The standard InChI is InChI=1S/C31H25BrClIN2O4S/c1-4-39-30(38)26-18(3)35-31-36(27(26)20-9-5-17(2)6-10-20)29(37)25(41-31)14-21-13-23(33)15-24(34)28(21)40-16-19-7-11-22(32)12-8-19/h5-15,27H,4,16H2,1-3H3/b25-14-/t27-/m1/s1. The molecule has 0 unspecified atom stereocenters. The van der Waals surface area contributed by atoms with Gasteiger partial charge in [0.15, 0.2) is 4.80 Å². The molecule has 41 heavy (non-hydrogen) atoms. The summed E-state index contributed by atoms with van der Waals surface area (Å²) < 4.78 is 15.5. The summed E-state index contributed by atoms with van der Waals surface area (Å²) in [6.45, 7) is 6.09. The Morgan fingerprint density at radius 3 is 2.54 bits per heavy atom. The molecule has 4 aromatic rings. The summed E-state index contributed by atoms with van der Waals surface area (Å²) >= 11 is 13.3. The van der Waals surface area contributed by atoms with Crippen LogP contribution in [0.25, 0.3) is 6.08 Å². The molecule has 3 aromatic carbocycles. The minimum Gasteiger partial charge on any atom is -0.487 e. The second-order valence-electron chi connectivity index (χ2n) is 9.43. The lowest BCUT2D eigenvalue weighted by Gasteiger charge is -2.24. The third-order valence-electron chi connectivity index (χ3n) is 6.53. The van der Waals surface area contributed by atoms with Gasteiger partial charge in [-0.3, -0.25) is 9.36 Å². The maximum absolute atomic E-state index is 14.0. The first kappa shape index (κ1) is 29.8. The van der Waals surface area contributed by atoms with Crippen molar-refractivity contribution in [1.82, 2.24) is 4.57 Å². The average molecular weight is 764 g/mol. The normalized spacial score (nSPS) is 15.0. The lowest BCUT2D eigenvalue weighted by molar-refractivity contribution is -0.139. The van der Waals surface area contributed by atoms with Crippen molar-refractivity contribution < 1.29 is 14.3 Å². The monoisotopic (exact) mass is 762 g/mol. The molecule has 2 heterocycles. The molecule has 1 atom stereocenters. The largest absolute Gasteiger partial charge is 0.487 e. The van der Waals surface area contributed by atoms with Gasteiger partial charge in [0.1, 0.15) is 12.4 Å². The Morgan fingerprint density at radius 2 is 1.85 bits per heavy atom. The van der Waals surface area contributed by atoms with Crippen LogP contribution in [0, 0.1) is 10.5 Å². The van der Waals surface area contributed by atoms with Crippen LogP contribution in [0.2, 0.25) is 5.02 Å². The van der Waals surface area contributed by atoms with E-state index in [2.05, 4.69) is 43.5 Å². The van der Waals surface area contributed by atoms with Crippen LogP contribution in [0.5, 0.6) is 5.75 Å². The average Bonchev–Trinajstić information content (AvgIpc) is 3.23. The van der Waals surface area contributed by atoms with Gasteiger partial charge in [-0.15, -0.1) is 0 Å². The number of allylic oxidation sites excluding steroid dienone is 1. The van der Waals surface area contributed by atoms with Crippen molar-refractivity contribution in [2.24, 2.45) is 4.99 Å². The number of esters is 1. The van der Waals surface area contributed by atoms with Crippen LogP contribution in [-0.4, -0.2) is 17.1 Å². The molecule has 1 aromatic heterocycles. The minimum absolute atomic E-state index is 0.219. The third kappa shape index (κ3) is 6.38. The van der Waals surface area contributed by atoms with Crippen LogP contribution in [0.15, 0.2) is 86.2 Å². The highest BCUT2D eigenvalue weighted by Gasteiger charge is 2.33. The molecule has 1 aliphatic rings. The van der Waals surface area contributed by atoms with Gasteiger partial charge in [0.25, 0.3) is 5.56 Å². The summed E-state index contributed by atoms with van der Waals surface area (Å²) in [4.78, 5) is 32.3. The molecule has 0 saturated heterocycles. The van der Waals surface area contributed by atoms with Gasteiger partial charge in [-0.25, -0.2) is 9.79 Å². The summed E-state index contributed by atoms with van der Waals surface area (Å²) in [6, 6.07) is 18.6. The molecule has 0 amide bonds. The smallest absolute Gasteiger partial charge is 0.338 e. The maximum Gasteiger partial charge on any atom is 0.338 e. The zero-order valence-electron chi connectivity index (χ0n) is 22.4. The SMILES string of the molecule is CCOC(=O)C1=C(C)N=c2s/c(=C\c3cc(Cl)cc(I)c3OCc3ccc(Br)cc3)c(=O)n2[C@@H]1c1ccc(C)cc1. The van der Waals surface area contributed by atoms with Gasteiger partial charge in [-0.2, -0.15) is 0 Å². The molecule has 0 bridgehead atoms. The number of carbonyl (C=O) groups is 1. The number of ether oxygens (including phenoxy) is 2. The molecule has 1 aliphatic heterocycles. The van der Waals surface area contributed by atoms with E-state index in [0.29, 0.717) is 43.5 Å². The van der Waals surface area contributed by atoms with Gasteiger partial charge < -0.3 is 9.47 Å². The van der Waals surface area contributed by atoms with Crippen LogP contribution in [-0.2, 0) is 16.1 Å². The number of hydrogen-bond acceptors (Lipinski definition) is 6. The first-order chi connectivity index (χ1) is 19.7. The van der Waals surface area contributed by atoms with Gasteiger partial charge in [0.2, 0.25) is 0 Å². The summed E-state index contributed by atoms with van der Waals surface area (Å²) in [6.07, 6.45) is 1.78. The van der Waals surface area contributed by atoms with Crippen molar-refractivity contribution in [3.8, 4) is 5.75 Å². The predicted molar refractivity (Wildman–Crippen MR) is 174 cm³/mol. The second-order valence-corrected chi connectivity index (χ2v) is 13.0. The molecule has 210 valence electrons. The number of halogens is 3. The van der Waals surface area contributed by atoms with E-state index in [1.807, 2.05) is 61.5 Å². The summed E-state index contributed by atoms with van der Waals surface area (Å²) in [5.41, 5.74) is 4.18. The summed E-state index contributed by atoms with van der Waals surface area (Å²) in [5, 5.41) is 0.530. The lowest BCUT2D eigenvalue weighted by atomic mass is 9.95. The lowest BCUT2D eigenvalue weighted by Crippen LogP contribution is -2.39. The number of thiazole rings is 1. The number of benzene rings is 3. The summed E-state index contributed by atoms with van der Waals surface area (Å²) in [5.74, 6) is 0.142. The van der Waals surface area contributed by atoms with Crippen molar-refractivity contribution in [3.05, 3.63) is 127 Å². The summed E-state index contributed by atoms with van der Waals surface area (Å²) in [7, 11) is 0. The Labute approximate surface area is 268 Å². The molecule has 0 saturated carbocycles. The minimum atomic E-state index is -0.666. The maximum atomic E-state index is 14.0. The van der Waals surface area contributed by atoms with Crippen LogP contribution in [0.1, 0.15) is 42.1 Å². The van der Waals surface area contributed by atoms with Gasteiger partial charge in [0.05, 0.1) is 32.0 Å². The Balaban J connectivity index is 1.64. The number of aryl methyl sites for hydroxylation is 1. The van der Waals surface area contributed by atoms with E-state index in [1.165, 1.54) is 11.3 Å². The molecular weight excluding hydrogens is 739 g/mol. The van der Waals surface area contributed by atoms with Crippen molar-refractivity contribution in [2.45, 2.75) is 33.4 Å². The van der Waals surface area contributed by atoms with Crippen LogP contribution in [0.3, 0.4) is 0 Å². The van der Waals surface area contributed by atoms with E-state index in [0.717, 1.165) is 24.7 Å². The number of nitrogens with zero attached hydrogens (tertiary/aromatic N) is 2. The molecule has 6 nitrogen and oxygen atoms in total. The molecule has 10 heteroatoms. The van der Waals surface area contributed by atoms with Crippen molar-refractivity contribution in [3.63, 3.8) is 0 Å². The number of carbonyl (C=O) groups excluding carboxylic acids is 1.